The van der Waals surface area contributed by atoms with Crippen LogP contribution in [0.15, 0.2) is 23.1 Å². The summed E-state index contributed by atoms with van der Waals surface area (Å²) < 4.78 is 26.1. The second-order valence-corrected chi connectivity index (χ2v) is 6.14. The third-order valence-electron chi connectivity index (χ3n) is 2.04. The summed E-state index contributed by atoms with van der Waals surface area (Å²) >= 11 is 11.5. The molecule has 0 unspecified atom stereocenters. The van der Waals surface area contributed by atoms with Crippen LogP contribution in [0.4, 0.5) is 0 Å². The zero-order valence-electron chi connectivity index (χ0n) is 9.35. The number of hydrogen-bond acceptors (Lipinski definition) is 3. The molecule has 0 aromatic heterocycles. The van der Waals surface area contributed by atoms with Crippen molar-refractivity contribution in [1.82, 2.24) is 4.72 Å². The Labute approximate surface area is 115 Å². The van der Waals surface area contributed by atoms with Gasteiger partial charge in [-0.1, -0.05) is 29.3 Å². The second kappa shape index (κ2) is 5.88. The predicted molar refractivity (Wildman–Crippen MR) is 68.5 cm³/mol. The van der Waals surface area contributed by atoms with E-state index >= 15 is 0 Å². The van der Waals surface area contributed by atoms with Gasteiger partial charge in [-0.05, 0) is 19.1 Å². The maximum atomic E-state index is 12.0. The molecule has 0 bridgehead atoms. The molecule has 2 N–H and O–H groups in total. The van der Waals surface area contributed by atoms with Crippen LogP contribution in [0.3, 0.4) is 0 Å². The molecule has 1 aromatic rings. The lowest BCUT2D eigenvalue weighted by Crippen LogP contribution is -2.34. The van der Waals surface area contributed by atoms with Crippen molar-refractivity contribution in [3.8, 4) is 0 Å². The lowest BCUT2D eigenvalue weighted by molar-refractivity contribution is -0.137. The van der Waals surface area contributed by atoms with E-state index in [0.29, 0.717) is 0 Å². The van der Waals surface area contributed by atoms with Crippen LogP contribution in [0, 0.1) is 0 Å². The fourth-order valence-corrected chi connectivity index (χ4v) is 3.33. The van der Waals surface area contributed by atoms with Crippen LogP contribution in [-0.2, 0) is 14.8 Å². The molecule has 0 aliphatic carbocycles. The molecule has 1 atom stereocenters. The number of rotatable bonds is 5. The lowest BCUT2D eigenvalue weighted by Gasteiger charge is -2.13. The Balaban J connectivity index is 3.00. The van der Waals surface area contributed by atoms with E-state index in [1.807, 2.05) is 0 Å². The van der Waals surface area contributed by atoms with Crippen LogP contribution >= 0.6 is 23.2 Å². The Bertz CT molecular complexity index is 559. The first-order valence-corrected chi connectivity index (χ1v) is 7.16. The largest absolute Gasteiger partial charge is 0.481 e. The van der Waals surface area contributed by atoms with Crippen LogP contribution in [-0.4, -0.2) is 25.5 Å². The Kier molecular flexibility index (Phi) is 4.98. The zero-order valence-corrected chi connectivity index (χ0v) is 11.7. The fraction of sp³-hybridized carbons (Fsp3) is 0.300. The van der Waals surface area contributed by atoms with Crippen LogP contribution in [0.25, 0.3) is 0 Å². The molecular weight excluding hydrogens is 301 g/mol. The summed E-state index contributed by atoms with van der Waals surface area (Å²) in [7, 11) is -3.89. The van der Waals surface area contributed by atoms with E-state index < -0.39 is 22.0 Å². The monoisotopic (exact) mass is 311 g/mol. The van der Waals surface area contributed by atoms with Crippen molar-refractivity contribution in [2.45, 2.75) is 24.3 Å². The number of hydrogen-bond donors (Lipinski definition) is 2. The molecule has 0 heterocycles. The molecule has 0 saturated heterocycles. The van der Waals surface area contributed by atoms with E-state index in [-0.39, 0.29) is 21.4 Å². The summed E-state index contributed by atoms with van der Waals surface area (Å²) in [6.45, 7) is 1.45. The van der Waals surface area contributed by atoms with Gasteiger partial charge in [-0.2, -0.15) is 0 Å². The highest BCUT2D eigenvalue weighted by molar-refractivity contribution is 7.89. The molecule has 0 radical (unpaired) electrons. The number of benzene rings is 1. The van der Waals surface area contributed by atoms with Gasteiger partial charge in [0.15, 0.2) is 0 Å². The number of halogens is 2. The van der Waals surface area contributed by atoms with Crippen LogP contribution in [0.1, 0.15) is 13.3 Å². The molecule has 0 fully saturated rings. The van der Waals surface area contributed by atoms with Gasteiger partial charge in [0.05, 0.1) is 16.5 Å². The van der Waals surface area contributed by atoms with Crippen molar-refractivity contribution >= 4 is 39.2 Å². The first-order chi connectivity index (χ1) is 8.24. The molecule has 0 amide bonds. The minimum absolute atomic E-state index is 0.0887. The molecule has 100 valence electrons. The van der Waals surface area contributed by atoms with E-state index in [1.165, 1.54) is 25.1 Å². The van der Waals surface area contributed by atoms with E-state index in [4.69, 9.17) is 28.3 Å². The van der Waals surface area contributed by atoms with Crippen LogP contribution in [0.5, 0.6) is 0 Å². The summed E-state index contributed by atoms with van der Waals surface area (Å²) in [5.41, 5.74) is 0. The van der Waals surface area contributed by atoms with Gasteiger partial charge in [0.2, 0.25) is 10.0 Å². The van der Waals surface area contributed by atoms with E-state index in [2.05, 4.69) is 4.72 Å². The van der Waals surface area contributed by atoms with Gasteiger partial charge in [-0.3, -0.25) is 4.79 Å². The maximum absolute atomic E-state index is 12.0. The molecule has 5 nitrogen and oxygen atoms in total. The topological polar surface area (TPSA) is 83.5 Å². The SMILES string of the molecule is C[C@H](CC(=O)O)NS(=O)(=O)c1cccc(Cl)c1Cl. The maximum Gasteiger partial charge on any atom is 0.304 e. The minimum Gasteiger partial charge on any atom is -0.481 e. The van der Waals surface area contributed by atoms with Gasteiger partial charge in [0.25, 0.3) is 0 Å². The van der Waals surface area contributed by atoms with E-state index in [1.54, 1.807) is 0 Å². The van der Waals surface area contributed by atoms with Gasteiger partial charge in [0.1, 0.15) is 4.90 Å². The molecule has 0 aliphatic heterocycles. The quantitative estimate of drug-likeness (QED) is 0.872. The molecule has 0 aliphatic rings. The first-order valence-electron chi connectivity index (χ1n) is 4.92. The Hall–Kier alpha value is -0.820. The van der Waals surface area contributed by atoms with Crippen LogP contribution in [0.2, 0.25) is 10.0 Å². The van der Waals surface area contributed by atoms with Gasteiger partial charge in [0, 0.05) is 6.04 Å². The summed E-state index contributed by atoms with van der Waals surface area (Å²) in [6, 6.07) is 3.46. The highest BCUT2D eigenvalue weighted by Crippen LogP contribution is 2.28. The number of aliphatic carboxylic acids is 1. The Morgan fingerprint density at radius 1 is 1.44 bits per heavy atom. The summed E-state index contributed by atoms with van der Waals surface area (Å²) in [4.78, 5) is 10.3. The van der Waals surface area contributed by atoms with E-state index in [9.17, 15) is 13.2 Å². The summed E-state index contributed by atoms with van der Waals surface area (Å²) in [6.07, 6.45) is -0.322. The van der Waals surface area contributed by atoms with Gasteiger partial charge in [-0.15, -0.1) is 0 Å². The fourth-order valence-electron chi connectivity index (χ4n) is 1.32. The molecular formula is C10H11Cl2NO4S. The molecule has 1 rings (SSSR count). The second-order valence-electron chi connectivity index (χ2n) is 3.67. The summed E-state index contributed by atoms with van der Waals surface area (Å²) in [5, 5.41) is 8.60. The number of sulfonamides is 1. The van der Waals surface area contributed by atoms with Crippen molar-refractivity contribution in [2.75, 3.05) is 0 Å². The smallest absolute Gasteiger partial charge is 0.304 e. The normalized spacial score (nSPS) is 13.3. The standard InChI is InChI=1S/C10H11Cl2NO4S/c1-6(5-9(14)15)13-18(16,17)8-4-2-3-7(11)10(8)12/h2-4,6,13H,5H2,1H3,(H,14,15)/t6-/m1/s1. The number of carboxylic acids is 1. The minimum atomic E-state index is -3.89. The van der Waals surface area contributed by atoms with Crippen LogP contribution < -0.4 is 4.72 Å². The molecule has 8 heteroatoms. The van der Waals surface area contributed by atoms with Crippen molar-refractivity contribution in [3.63, 3.8) is 0 Å². The molecule has 18 heavy (non-hydrogen) atoms. The molecule has 0 saturated carbocycles. The zero-order chi connectivity index (χ0) is 13.9. The van der Waals surface area contributed by atoms with Gasteiger partial charge >= 0.3 is 5.97 Å². The third kappa shape index (κ3) is 3.84. The number of carbonyl (C=O) groups is 1. The highest BCUT2D eigenvalue weighted by atomic mass is 35.5. The van der Waals surface area contributed by atoms with Crippen molar-refractivity contribution < 1.29 is 18.3 Å². The van der Waals surface area contributed by atoms with E-state index in [0.717, 1.165) is 0 Å². The lowest BCUT2D eigenvalue weighted by atomic mass is 10.3. The van der Waals surface area contributed by atoms with Crippen molar-refractivity contribution in [3.05, 3.63) is 28.2 Å². The van der Waals surface area contributed by atoms with Gasteiger partial charge in [-0.25, -0.2) is 13.1 Å². The summed E-state index contributed by atoms with van der Waals surface area (Å²) in [5.74, 6) is -1.10. The molecule has 1 aromatic carbocycles. The third-order valence-corrected chi connectivity index (χ3v) is 4.61. The molecule has 0 spiro atoms. The number of nitrogens with one attached hydrogen (secondary N) is 1. The van der Waals surface area contributed by atoms with Crippen molar-refractivity contribution in [1.29, 1.82) is 0 Å². The predicted octanol–water partition coefficient (Wildman–Crippen LogP) is 2.13. The Morgan fingerprint density at radius 3 is 2.61 bits per heavy atom. The van der Waals surface area contributed by atoms with Gasteiger partial charge < -0.3 is 5.11 Å². The average Bonchev–Trinajstić information content (AvgIpc) is 2.19. The Morgan fingerprint density at radius 2 is 2.06 bits per heavy atom. The number of carboxylic acid groups (broad SMARTS) is 1. The highest BCUT2D eigenvalue weighted by Gasteiger charge is 2.22. The van der Waals surface area contributed by atoms with Crippen molar-refractivity contribution in [2.24, 2.45) is 0 Å². The first kappa shape index (κ1) is 15.2. The average molecular weight is 312 g/mol.